The van der Waals surface area contributed by atoms with Crippen molar-refractivity contribution < 1.29 is 28.6 Å². The molecule has 3 N–H and O–H groups in total. The first-order chi connectivity index (χ1) is 16.5. The fourth-order valence-electron chi connectivity index (χ4n) is 4.12. The number of hydrogen-bond acceptors (Lipinski definition) is 4. The van der Waals surface area contributed by atoms with E-state index in [0.29, 0.717) is 0 Å². The third-order valence-electron chi connectivity index (χ3n) is 5.70. The van der Waals surface area contributed by atoms with Gasteiger partial charge in [-0.25, -0.2) is 14.0 Å². The Hall–Kier alpha value is -4.20. The monoisotopic (exact) mass is 462 g/mol. The lowest BCUT2D eigenvalue weighted by Crippen LogP contribution is -2.27. The Morgan fingerprint density at radius 2 is 1.56 bits per heavy atom. The molecule has 0 atom stereocenters. The number of rotatable bonds is 8. The van der Waals surface area contributed by atoms with Crippen molar-refractivity contribution in [2.24, 2.45) is 0 Å². The Morgan fingerprint density at radius 1 is 0.912 bits per heavy atom. The first-order valence-corrected chi connectivity index (χ1v) is 10.9. The largest absolute Gasteiger partial charge is 0.478 e. The second-order valence-electron chi connectivity index (χ2n) is 7.87. The number of carboxylic acids is 1. The lowest BCUT2D eigenvalue weighted by molar-refractivity contribution is -0.116. The summed E-state index contributed by atoms with van der Waals surface area (Å²) in [4.78, 5) is 35.5. The molecule has 0 radical (unpaired) electrons. The minimum atomic E-state index is -1.34. The Labute approximate surface area is 195 Å². The summed E-state index contributed by atoms with van der Waals surface area (Å²) in [6, 6.07) is 19.6. The molecule has 7 nitrogen and oxygen atoms in total. The van der Waals surface area contributed by atoms with Crippen LogP contribution >= 0.6 is 0 Å². The number of hydrogen-bond donors (Lipinski definition) is 3. The maximum Gasteiger partial charge on any atom is 0.407 e. The normalized spacial score (nSPS) is 11.9. The van der Waals surface area contributed by atoms with Crippen molar-refractivity contribution in [1.29, 1.82) is 0 Å². The van der Waals surface area contributed by atoms with E-state index in [4.69, 9.17) is 9.84 Å². The number of fused-ring (bicyclic) bond motifs is 3. The van der Waals surface area contributed by atoms with Gasteiger partial charge in [0.25, 0.3) is 0 Å². The zero-order valence-corrected chi connectivity index (χ0v) is 18.2. The summed E-state index contributed by atoms with van der Waals surface area (Å²) in [7, 11) is 0. The van der Waals surface area contributed by atoms with Gasteiger partial charge in [-0.15, -0.1) is 0 Å². The molecule has 0 spiro atoms. The number of nitrogens with one attached hydrogen (secondary N) is 2. The summed E-state index contributed by atoms with van der Waals surface area (Å²) in [6.07, 6.45) is -0.353. The van der Waals surface area contributed by atoms with Gasteiger partial charge in [-0.1, -0.05) is 54.6 Å². The van der Waals surface area contributed by atoms with Gasteiger partial charge < -0.3 is 20.5 Å². The van der Waals surface area contributed by atoms with Crippen LogP contribution in [0.25, 0.3) is 11.1 Å². The second kappa shape index (κ2) is 10.2. The number of halogens is 1. The van der Waals surface area contributed by atoms with Crippen LogP contribution in [0.3, 0.4) is 0 Å². The number of carbonyl (C=O) groups is 3. The molecule has 2 amide bonds. The molecule has 34 heavy (non-hydrogen) atoms. The lowest BCUT2D eigenvalue weighted by Gasteiger charge is -2.14. The molecule has 0 heterocycles. The van der Waals surface area contributed by atoms with Gasteiger partial charge in [0.15, 0.2) is 0 Å². The molecule has 0 aromatic heterocycles. The van der Waals surface area contributed by atoms with Gasteiger partial charge in [0.2, 0.25) is 5.91 Å². The molecule has 0 aliphatic heterocycles. The average molecular weight is 462 g/mol. The number of carbonyl (C=O) groups excluding carboxylic acids is 2. The number of benzene rings is 3. The van der Waals surface area contributed by atoms with Gasteiger partial charge in [-0.2, -0.15) is 0 Å². The smallest absolute Gasteiger partial charge is 0.407 e. The summed E-state index contributed by atoms with van der Waals surface area (Å²) in [5.41, 5.74) is 3.80. The van der Waals surface area contributed by atoms with Crippen molar-refractivity contribution >= 4 is 23.7 Å². The predicted molar refractivity (Wildman–Crippen MR) is 124 cm³/mol. The van der Waals surface area contributed by atoms with Gasteiger partial charge in [-0.3, -0.25) is 4.79 Å². The fourth-order valence-corrected chi connectivity index (χ4v) is 4.12. The van der Waals surface area contributed by atoms with Crippen LogP contribution in [0.1, 0.15) is 40.2 Å². The summed E-state index contributed by atoms with van der Waals surface area (Å²) in [6.45, 7) is 0.360. The number of aromatic carboxylic acids is 1. The third kappa shape index (κ3) is 4.91. The van der Waals surface area contributed by atoms with E-state index < -0.39 is 23.8 Å². The topological polar surface area (TPSA) is 105 Å². The molecular formula is C26H23FN2O5. The molecule has 1 aliphatic carbocycles. The van der Waals surface area contributed by atoms with Crippen LogP contribution in [0, 0.1) is 5.82 Å². The van der Waals surface area contributed by atoms with Gasteiger partial charge in [-0.05, 0) is 40.8 Å². The summed E-state index contributed by atoms with van der Waals surface area (Å²) in [5.74, 6) is -2.77. The quantitative estimate of drug-likeness (QED) is 0.418. The van der Waals surface area contributed by atoms with Crippen LogP contribution in [-0.2, 0) is 9.53 Å². The van der Waals surface area contributed by atoms with E-state index >= 15 is 0 Å². The Bertz CT molecular complexity index is 1200. The van der Waals surface area contributed by atoms with Gasteiger partial charge in [0.05, 0.1) is 11.3 Å². The van der Waals surface area contributed by atoms with E-state index in [1.54, 1.807) is 0 Å². The molecule has 0 fully saturated rings. The fraction of sp³-hybridized carbons (Fsp3) is 0.192. The van der Waals surface area contributed by atoms with E-state index in [1.807, 2.05) is 36.4 Å². The van der Waals surface area contributed by atoms with Crippen LogP contribution < -0.4 is 10.6 Å². The molecule has 0 saturated heterocycles. The van der Waals surface area contributed by atoms with Crippen molar-refractivity contribution in [2.75, 3.05) is 18.5 Å². The Morgan fingerprint density at radius 3 is 2.21 bits per heavy atom. The zero-order valence-electron chi connectivity index (χ0n) is 18.2. The Balaban J connectivity index is 1.24. The Kier molecular flexibility index (Phi) is 6.87. The highest BCUT2D eigenvalue weighted by Crippen LogP contribution is 2.44. The molecule has 1 aliphatic rings. The van der Waals surface area contributed by atoms with Crippen molar-refractivity contribution in [3.8, 4) is 11.1 Å². The average Bonchev–Trinajstić information content (AvgIpc) is 3.15. The summed E-state index contributed by atoms with van der Waals surface area (Å²) >= 11 is 0. The maximum atomic E-state index is 13.9. The van der Waals surface area contributed by atoms with Gasteiger partial charge >= 0.3 is 12.1 Å². The minimum Gasteiger partial charge on any atom is -0.478 e. The highest BCUT2D eigenvalue weighted by Gasteiger charge is 2.29. The first kappa shape index (κ1) is 23.0. The van der Waals surface area contributed by atoms with E-state index in [-0.39, 0.29) is 43.2 Å². The summed E-state index contributed by atoms with van der Waals surface area (Å²) < 4.78 is 19.3. The van der Waals surface area contributed by atoms with Crippen LogP contribution in [0.4, 0.5) is 14.9 Å². The van der Waals surface area contributed by atoms with Crippen molar-refractivity contribution in [2.45, 2.75) is 18.8 Å². The van der Waals surface area contributed by atoms with Crippen LogP contribution in [0.2, 0.25) is 0 Å². The highest BCUT2D eigenvalue weighted by molar-refractivity contribution is 6.00. The van der Waals surface area contributed by atoms with Gasteiger partial charge in [0, 0.05) is 18.9 Å². The third-order valence-corrected chi connectivity index (χ3v) is 5.70. The van der Waals surface area contributed by atoms with Crippen LogP contribution in [0.5, 0.6) is 0 Å². The molecule has 0 unspecified atom stereocenters. The maximum absolute atomic E-state index is 13.9. The number of amides is 2. The van der Waals surface area contributed by atoms with Crippen molar-refractivity contribution in [1.82, 2.24) is 5.32 Å². The van der Waals surface area contributed by atoms with Crippen LogP contribution in [0.15, 0.2) is 66.7 Å². The van der Waals surface area contributed by atoms with Crippen molar-refractivity contribution in [3.05, 3.63) is 89.2 Å². The predicted octanol–water partition coefficient (Wildman–Crippen LogP) is 4.78. The molecular weight excluding hydrogens is 439 g/mol. The molecule has 174 valence electrons. The summed E-state index contributed by atoms with van der Waals surface area (Å²) in [5, 5.41) is 14.0. The molecule has 8 heteroatoms. The molecule has 0 bridgehead atoms. The second-order valence-corrected chi connectivity index (χ2v) is 7.87. The number of para-hydroxylation sites is 1. The number of alkyl carbamates (subject to hydrolysis) is 1. The number of ether oxygens (including phenoxy) is 1. The zero-order chi connectivity index (χ0) is 24.1. The standard InChI is InChI=1S/C26H23FN2O5/c27-22-12-5-11-20(25(31)32)24(22)29-23(30)13-6-14-28-26(33)34-15-21-18-9-3-1-7-16(18)17-8-2-4-10-19(17)21/h1-5,7-12,21H,6,13-15H2,(H,28,33)(H,29,30)(H,31,32). The molecule has 4 rings (SSSR count). The first-order valence-electron chi connectivity index (χ1n) is 10.9. The van der Waals surface area contributed by atoms with Crippen LogP contribution in [-0.4, -0.2) is 36.2 Å². The molecule has 3 aromatic carbocycles. The van der Waals surface area contributed by atoms with E-state index in [0.717, 1.165) is 28.3 Å². The molecule has 0 saturated carbocycles. The van der Waals surface area contributed by atoms with E-state index in [1.165, 1.54) is 12.1 Å². The van der Waals surface area contributed by atoms with E-state index in [2.05, 4.69) is 22.8 Å². The number of carboxylic acid groups (broad SMARTS) is 1. The van der Waals surface area contributed by atoms with Crippen molar-refractivity contribution in [3.63, 3.8) is 0 Å². The number of anilines is 1. The molecule has 3 aromatic rings. The van der Waals surface area contributed by atoms with Gasteiger partial charge in [0.1, 0.15) is 12.4 Å². The lowest BCUT2D eigenvalue weighted by atomic mass is 9.98. The minimum absolute atomic E-state index is 0.0307. The SMILES string of the molecule is O=C(CCCNC(=O)OCC1c2ccccc2-c2ccccc21)Nc1c(F)cccc1C(=O)O. The highest BCUT2D eigenvalue weighted by atomic mass is 19.1. The van der Waals surface area contributed by atoms with E-state index in [9.17, 15) is 18.8 Å².